The van der Waals surface area contributed by atoms with Gasteiger partial charge < -0.3 is 9.88 Å². The average Bonchev–Trinajstić information content (AvgIpc) is 3.20. The zero-order valence-corrected chi connectivity index (χ0v) is 19.6. The molecule has 10 heteroatoms. The monoisotopic (exact) mass is 481 g/mol. The number of benzene rings is 2. The van der Waals surface area contributed by atoms with Gasteiger partial charge in [-0.05, 0) is 36.2 Å². The molecule has 0 saturated carbocycles. The highest BCUT2D eigenvalue weighted by Gasteiger charge is 2.19. The van der Waals surface area contributed by atoms with Gasteiger partial charge in [0.1, 0.15) is 5.82 Å². The molecule has 0 aliphatic heterocycles. The van der Waals surface area contributed by atoms with Gasteiger partial charge >= 0.3 is 5.69 Å². The van der Waals surface area contributed by atoms with Crippen molar-refractivity contribution >= 4 is 34.5 Å². The molecular weight excluding hydrogens is 457 g/mol. The number of imidazole rings is 1. The van der Waals surface area contributed by atoms with E-state index in [2.05, 4.69) is 10.3 Å². The van der Waals surface area contributed by atoms with Crippen molar-refractivity contribution in [1.29, 1.82) is 0 Å². The van der Waals surface area contributed by atoms with Gasteiger partial charge in [0, 0.05) is 38.5 Å². The highest BCUT2D eigenvalue weighted by Crippen LogP contribution is 2.23. The lowest BCUT2D eigenvalue weighted by Gasteiger charge is -2.11. The molecule has 0 radical (unpaired) electrons. The summed E-state index contributed by atoms with van der Waals surface area (Å²) < 4.78 is 17.4. The number of amides is 1. The number of nitrogens with one attached hydrogen (secondary N) is 1. The normalized spacial score (nSPS) is 11.1. The fraction of sp³-hybridized carbons (Fsp3) is 0.250. The first-order chi connectivity index (χ1) is 16.3. The lowest BCUT2D eigenvalue weighted by molar-refractivity contribution is -0.115. The molecule has 8 nitrogen and oxygen atoms in total. The highest BCUT2D eigenvalue weighted by molar-refractivity contribution is 7.99. The van der Waals surface area contributed by atoms with E-state index >= 15 is 0 Å². The second-order valence-electron chi connectivity index (χ2n) is 7.81. The summed E-state index contributed by atoms with van der Waals surface area (Å²) in [5, 5.41) is 3.30. The van der Waals surface area contributed by atoms with Gasteiger partial charge in [-0.1, -0.05) is 42.1 Å². The summed E-state index contributed by atoms with van der Waals surface area (Å²) in [5.41, 5.74) is 1.44. The fourth-order valence-corrected chi connectivity index (χ4v) is 4.62. The van der Waals surface area contributed by atoms with E-state index in [1.807, 2.05) is 34.9 Å². The Morgan fingerprint density at radius 2 is 1.74 bits per heavy atom. The summed E-state index contributed by atoms with van der Waals surface area (Å²) in [6, 6.07) is 15.5. The van der Waals surface area contributed by atoms with E-state index in [1.54, 1.807) is 7.05 Å². The van der Waals surface area contributed by atoms with E-state index in [4.69, 9.17) is 0 Å². The van der Waals surface area contributed by atoms with Crippen molar-refractivity contribution in [3.05, 3.63) is 86.8 Å². The van der Waals surface area contributed by atoms with Crippen LogP contribution in [0.4, 0.5) is 10.1 Å². The Labute approximate surface area is 199 Å². The quantitative estimate of drug-likeness (QED) is 0.391. The standard InChI is InChI=1S/C24H24FN5O3S/c1-28-21-20(22(32)29(2)24(28)33)27-23(30(21)14-12-16-6-4-3-5-7-16)34-15-13-19(31)26-18-10-8-17(25)9-11-18/h3-11H,12-15H2,1-2H3,(H,26,31). The third kappa shape index (κ3) is 4.96. The fourth-order valence-electron chi connectivity index (χ4n) is 3.66. The van der Waals surface area contributed by atoms with Crippen LogP contribution in [0, 0.1) is 5.82 Å². The van der Waals surface area contributed by atoms with Crippen LogP contribution in [0.25, 0.3) is 11.2 Å². The second kappa shape index (κ2) is 10.1. The molecule has 0 unspecified atom stereocenters. The van der Waals surface area contributed by atoms with Gasteiger partial charge in [0.05, 0.1) is 0 Å². The van der Waals surface area contributed by atoms with Crippen LogP contribution in [0.1, 0.15) is 12.0 Å². The number of thioether (sulfide) groups is 1. The maximum absolute atomic E-state index is 13.0. The van der Waals surface area contributed by atoms with Crippen molar-refractivity contribution in [3.8, 4) is 0 Å². The van der Waals surface area contributed by atoms with Gasteiger partial charge in [-0.15, -0.1) is 0 Å². The first kappa shape index (κ1) is 23.5. The highest BCUT2D eigenvalue weighted by atomic mass is 32.2. The molecule has 0 aliphatic rings. The zero-order chi connectivity index (χ0) is 24.2. The Bertz CT molecular complexity index is 1440. The predicted octanol–water partition coefficient (Wildman–Crippen LogP) is 2.94. The number of carbonyl (C=O) groups is 1. The number of nitrogens with zero attached hydrogens (tertiary/aromatic N) is 4. The van der Waals surface area contributed by atoms with Crippen molar-refractivity contribution in [1.82, 2.24) is 18.7 Å². The Morgan fingerprint density at radius 1 is 1.03 bits per heavy atom. The number of hydrogen-bond acceptors (Lipinski definition) is 5. The molecular formula is C24H24FN5O3S. The van der Waals surface area contributed by atoms with Crippen molar-refractivity contribution in [3.63, 3.8) is 0 Å². The van der Waals surface area contributed by atoms with Crippen LogP contribution < -0.4 is 16.6 Å². The SMILES string of the molecule is Cn1c(=O)c2nc(SCCC(=O)Nc3ccc(F)cc3)n(CCc3ccccc3)c2n(C)c1=O. The van der Waals surface area contributed by atoms with E-state index in [-0.39, 0.29) is 23.7 Å². The summed E-state index contributed by atoms with van der Waals surface area (Å²) in [5.74, 6) is -0.173. The van der Waals surface area contributed by atoms with Gasteiger partial charge in [-0.3, -0.25) is 18.7 Å². The Balaban J connectivity index is 1.56. The second-order valence-corrected chi connectivity index (χ2v) is 8.88. The van der Waals surface area contributed by atoms with Gasteiger partial charge in [0.25, 0.3) is 5.56 Å². The molecule has 0 fully saturated rings. The van der Waals surface area contributed by atoms with Crippen molar-refractivity contribution in [2.24, 2.45) is 14.1 Å². The zero-order valence-electron chi connectivity index (χ0n) is 18.8. The number of fused-ring (bicyclic) bond motifs is 1. The third-order valence-corrected chi connectivity index (χ3v) is 6.44. The molecule has 2 aromatic carbocycles. The first-order valence-corrected chi connectivity index (χ1v) is 11.7. The number of anilines is 1. The minimum atomic E-state index is -0.451. The molecule has 0 bridgehead atoms. The minimum absolute atomic E-state index is 0.195. The summed E-state index contributed by atoms with van der Waals surface area (Å²) in [7, 11) is 3.05. The molecule has 4 rings (SSSR count). The lowest BCUT2D eigenvalue weighted by Crippen LogP contribution is -2.37. The predicted molar refractivity (Wildman–Crippen MR) is 131 cm³/mol. The summed E-state index contributed by atoms with van der Waals surface area (Å²) in [6.45, 7) is 0.519. The number of hydrogen-bond donors (Lipinski definition) is 1. The van der Waals surface area contributed by atoms with Gasteiger partial charge in [0.2, 0.25) is 5.91 Å². The maximum atomic E-state index is 13.0. The summed E-state index contributed by atoms with van der Waals surface area (Å²) >= 11 is 1.35. The van der Waals surface area contributed by atoms with Crippen molar-refractivity contribution in [2.75, 3.05) is 11.1 Å². The Hall–Kier alpha value is -3.66. The Kier molecular flexibility index (Phi) is 6.97. The number of halogens is 1. The average molecular weight is 482 g/mol. The minimum Gasteiger partial charge on any atom is -0.326 e. The molecule has 176 valence electrons. The van der Waals surface area contributed by atoms with Crippen LogP contribution in [0.3, 0.4) is 0 Å². The van der Waals surface area contributed by atoms with Crippen LogP contribution >= 0.6 is 11.8 Å². The molecule has 0 saturated heterocycles. The number of carbonyl (C=O) groups excluding carboxylic acids is 1. The van der Waals surface area contributed by atoms with Crippen LogP contribution in [-0.2, 0) is 31.9 Å². The topological polar surface area (TPSA) is 90.9 Å². The van der Waals surface area contributed by atoms with E-state index in [1.165, 1.54) is 47.6 Å². The smallest absolute Gasteiger partial charge is 0.326 e. The summed E-state index contributed by atoms with van der Waals surface area (Å²) in [6.07, 6.45) is 0.884. The molecule has 0 atom stereocenters. The van der Waals surface area contributed by atoms with E-state index in [9.17, 15) is 18.8 Å². The Morgan fingerprint density at radius 3 is 2.44 bits per heavy atom. The van der Waals surface area contributed by atoms with E-state index < -0.39 is 11.2 Å². The first-order valence-electron chi connectivity index (χ1n) is 10.7. The van der Waals surface area contributed by atoms with Crippen LogP contribution in [-0.4, -0.2) is 30.3 Å². The molecule has 2 heterocycles. The molecule has 34 heavy (non-hydrogen) atoms. The number of aryl methyl sites for hydroxylation is 3. The van der Waals surface area contributed by atoms with Gasteiger partial charge in [0.15, 0.2) is 16.3 Å². The number of aromatic nitrogens is 4. The van der Waals surface area contributed by atoms with Crippen LogP contribution in [0.2, 0.25) is 0 Å². The number of rotatable bonds is 8. The van der Waals surface area contributed by atoms with Crippen molar-refractivity contribution in [2.45, 2.75) is 24.5 Å². The molecule has 1 N–H and O–H groups in total. The van der Waals surface area contributed by atoms with E-state index in [0.717, 1.165) is 10.1 Å². The molecule has 2 aromatic heterocycles. The van der Waals surface area contributed by atoms with Gasteiger partial charge in [-0.2, -0.15) is 0 Å². The molecule has 1 amide bonds. The molecule has 4 aromatic rings. The van der Waals surface area contributed by atoms with E-state index in [0.29, 0.717) is 35.2 Å². The molecule has 0 aliphatic carbocycles. The largest absolute Gasteiger partial charge is 0.332 e. The van der Waals surface area contributed by atoms with Crippen molar-refractivity contribution < 1.29 is 9.18 Å². The molecule has 0 spiro atoms. The van der Waals surface area contributed by atoms with Gasteiger partial charge in [-0.25, -0.2) is 14.2 Å². The third-order valence-electron chi connectivity index (χ3n) is 5.46. The van der Waals surface area contributed by atoms with Crippen LogP contribution in [0.5, 0.6) is 0 Å². The summed E-state index contributed by atoms with van der Waals surface area (Å²) in [4.78, 5) is 42.1. The van der Waals surface area contributed by atoms with Crippen LogP contribution in [0.15, 0.2) is 69.3 Å². The maximum Gasteiger partial charge on any atom is 0.332 e. The lowest BCUT2D eigenvalue weighted by atomic mass is 10.1.